The van der Waals surface area contributed by atoms with Gasteiger partial charge in [0.25, 0.3) is 0 Å². The van der Waals surface area contributed by atoms with Gasteiger partial charge in [-0.2, -0.15) is 0 Å². The number of aliphatic hydroxyl groups is 1. The summed E-state index contributed by atoms with van der Waals surface area (Å²) in [5.74, 6) is 0.737. The van der Waals surface area contributed by atoms with Gasteiger partial charge in [0.1, 0.15) is 5.75 Å². The SMILES string of the molecule is CCC(C)(C)C(=O)NCC(O)c1ccc(OC(C)C)cc1. The van der Waals surface area contributed by atoms with Gasteiger partial charge in [0, 0.05) is 12.0 Å². The highest BCUT2D eigenvalue weighted by atomic mass is 16.5. The number of rotatable bonds is 7. The van der Waals surface area contributed by atoms with Crippen molar-refractivity contribution in [1.82, 2.24) is 5.32 Å². The maximum Gasteiger partial charge on any atom is 0.225 e. The van der Waals surface area contributed by atoms with Crippen LogP contribution in [0.15, 0.2) is 24.3 Å². The van der Waals surface area contributed by atoms with Crippen molar-refractivity contribution in [2.24, 2.45) is 5.41 Å². The van der Waals surface area contributed by atoms with Gasteiger partial charge < -0.3 is 15.2 Å². The van der Waals surface area contributed by atoms with E-state index in [1.54, 1.807) is 0 Å². The van der Waals surface area contributed by atoms with E-state index in [0.29, 0.717) is 0 Å². The van der Waals surface area contributed by atoms with Gasteiger partial charge in [-0.25, -0.2) is 0 Å². The third-order valence-electron chi connectivity index (χ3n) is 3.59. The van der Waals surface area contributed by atoms with Crippen molar-refractivity contribution in [2.75, 3.05) is 6.54 Å². The molecule has 0 saturated carbocycles. The summed E-state index contributed by atoms with van der Waals surface area (Å²) in [6.07, 6.45) is 0.168. The zero-order valence-corrected chi connectivity index (χ0v) is 13.6. The first-order chi connectivity index (χ1) is 9.76. The van der Waals surface area contributed by atoms with Gasteiger partial charge in [-0.3, -0.25) is 4.79 Å². The van der Waals surface area contributed by atoms with Crippen LogP contribution in [0.3, 0.4) is 0 Å². The molecule has 0 saturated heterocycles. The van der Waals surface area contributed by atoms with Gasteiger partial charge in [-0.1, -0.05) is 32.9 Å². The topological polar surface area (TPSA) is 58.6 Å². The standard InChI is InChI=1S/C17H27NO3/c1-6-17(4,5)16(20)18-11-15(19)13-7-9-14(10-8-13)21-12(2)3/h7-10,12,15,19H,6,11H2,1-5H3,(H,18,20). The molecule has 1 aromatic carbocycles. The van der Waals surface area contributed by atoms with Crippen LogP contribution in [-0.2, 0) is 4.79 Å². The van der Waals surface area contributed by atoms with Gasteiger partial charge >= 0.3 is 0 Å². The van der Waals surface area contributed by atoms with Crippen molar-refractivity contribution in [2.45, 2.75) is 53.2 Å². The Morgan fingerprint density at radius 2 is 1.86 bits per heavy atom. The fourth-order valence-electron chi connectivity index (χ4n) is 1.75. The molecule has 4 heteroatoms. The molecule has 0 aliphatic rings. The van der Waals surface area contributed by atoms with E-state index in [2.05, 4.69) is 5.32 Å². The lowest BCUT2D eigenvalue weighted by Crippen LogP contribution is -2.38. The molecule has 0 fully saturated rings. The van der Waals surface area contributed by atoms with E-state index in [4.69, 9.17) is 4.74 Å². The van der Waals surface area contributed by atoms with E-state index in [-0.39, 0.29) is 18.6 Å². The fourth-order valence-corrected chi connectivity index (χ4v) is 1.75. The molecule has 0 spiro atoms. The molecule has 1 amide bonds. The first-order valence-corrected chi connectivity index (χ1v) is 7.49. The Bertz CT molecular complexity index is 452. The summed E-state index contributed by atoms with van der Waals surface area (Å²) in [5, 5.41) is 12.9. The first-order valence-electron chi connectivity index (χ1n) is 7.49. The number of benzene rings is 1. The van der Waals surface area contributed by atoms with Gasteiger partial charge in [-0.15, -0.1) is 0 Å². The Labute approximate surface area is 127 Å². The molecule has 0 aromatic heterocycles. The summed E-state index contributed by atoms with van der Waals surface area (Å²) < 4.78 is 5.55. The second-order valence-electron chi connectivity index (χ2n) is 6.20. The number of carbonyl (C=O) groups excluding carboxylic acids is 1. The molecule has 118 valence electrons. The average molecular weight is 293 g/mol. The number of ether oxygens (including phenoxy) is 1. The van der Waals surface area contributed by atoms with Crippen LogP contribution in [-0.4, -0.2) is 23.7 Å². The highest BCUT2D eigenvalue weighted by Gasteiger charge is 2.25. The Balaban J connectivity index is 2.56. The minimum atomic E-state index is -0.713. The normalized spacial score (nSPS) is 13.1. The molecule has 0 aliphatic heterocycles. The molecular weight excluding hydrogens is 266 g/mol. The number of aliphatic hydroxyl groups excluding tert-OH is 1. The van der Waals surface area contributed by atoms with Crippen molar-refractivity contribution in [3.8, 4) is 5.75 Å². The Kier molecular flexibility index (Phi) is 6.21. The van der Waals surface area contributed by atoms with Crippen LogP contribution in [0.1, 0.15) is 52.7 Å². The zero-order valence-electron chi connectivity index (χ0n) is 13.6. The van der Waals surface area contributed by atoms with Crippen LogP contribution in [0.4, 0.5) is 0 Å². The second kappa shape index (κ2) is 7.46. The summed E-state index contributed by atoms with van der Waals surface area (Å²) in [4.78, 5) is 12.0. The first kappa shape index (κ1) is 17.5. The summed E-state index contributed by atoms with van der Waals surface area (Å²) in [5.41, 5.74) is 0.356. The van der Waals surface area contributed by atoms with E-state index in [1.165, 1.54) is 0 Å². The zero-order chi connectivity index (χ0) is 16.0. The van der Waals surface area contributed by atoms with Gasteiger partial charge in [0.2, 0.25) is 5.91 Å². The number of amides is 1. The summed E-state index contributed by atoms with van der Waals surface area (Å²) in [6, 6.07) is 7.30. The molecule has 0 radical (unpaired) electrons. The number of hydrogen-bond donors (Lipinski definition) is 2. The molecule has 4 nitrogen and oxygen atoms in total. The van der Waals surface area contributed by atoms with Crippen molar-refractivity contribution >= 4 is 5.91 Å². The minimum absolute atomic E-state index is 0.0381. The van der Waals surface area contributed by atoms with Crippen molar-refractivity contribution in [3.63, 3.8) is 0 Å². The van der Waals surface area contributed by atoms with E-state index in [9.17, 15) is 9.90 Å². The average Bonchev–Trinajstić information content (AvgIpc) is 2.44. The minimum Gasteiger partial charge on any atom is -0.491 e. The third kappa shape index (κ3) is 5.38. The van der Waals surface area contributed by atoms with Crippen LogP contribution in [0, 0.1) is 5.41 Å². The smallest absolute Gasteiger partial charge is 0.225 e. The van der Waals surface area contributed by atoms with Gasteiger partial charge in [0.15, 0.2) is 0 Å². The molecule has 0 aliphatic carbocycles. The van der Waals surface area contributed by atoms with Crippen molar-refractivity contribution in [1.29, 1.82) is 0 Å². The Hall–Kier alpha value is -1.55. The van der Waals surface area contributed by atoms with E-state index in [1.807, 2.05) is 58.9 Å². The summed E-state index contributed by atoms with van der Waals surface area (Å²) in [6.45, 7) is 9.91. The van der Waals surface area contributed by atoms with Crippen LogP contribution in [0.2, 0.25) is 0 Å². The van der Waals surface area contributed by atoms with E-state index < -0.39 is 11.5 Å². The molecule has 1 aromatic rings. The third-order valence-corrected chi connectivity index (χ3v) is 3.59. The molecule has 2 N–H and O–H groups in total. The highest BCUT2D eigenvalue weighted by Crippen LogP contribution is 2.21. The van der Waals surface area contributed by atoms with Crippen LogP contribution < -0.4 is 10.1 Å². The van der Waals surface area contributed by atoms with E-state index >= 15 is 0 Å². The quantitative estimate of drug-likeness (QED) is 0.812. The predicted molar refractivity (Wildman–Crippen MR) is 84.2 cm³/mol. The molecule has 1 rings (SSSR count). The lowest BCUT2D eigenvalue weighted by atomic mass is 9.89. The Morgan fingerprint density at radius 1 is 1.29 bits per heavy atom. The number of carbonyl (C=O) groups is 1. The number of hydrogen-bond acceptors (Lipinski definition) is 3. The lowest BCUT2D eigenvalue weighted by Gasteiger charge is -2.22. The maximum absolute atomic E-state index is 12.0. The van der Waals surface area contributed by atoms with Gasteiger partial charge in [0.05, 0.1) is 12.2 Å². The molecule has 21 heavy (non-hydrogen) atoms. The lowest BCUT2D eigenvalue weighted by molar-refractivity contribution is -0.130. The summed E-state index contributed by atoms with van der Waals surface area (Å²) >= 11 is 0. The highest BCUT2D eigenvalue weighted by molar-refractivity contribution is 5.81. The monoisotopic (exact) mass is 293 g/mol. The molecule has 0 heterocycles. The second-order valence-corrected chi connectivity index (χ2v) is 6.20. The molecule has 0 bridgehead atoms. The van der Waals surface area contributed by atoms with E-state index in [0.717, 1.165) is 17.7 Å². The molecule has 1 unspecified atom stereocenters. The predicted octanol–water partition coefficient (Wildman–Crippen LogP) is 3.06. The Morgan fingerprint density at radius 3 is 2.33 bits per heavy atom. The fraction of sp³-hybridized carbons (Fsp3) is 0.588. The van der Waals surface area contributed by atoms with Crippen LogP contribution in [0.5, 0.6) is 5.75 Å². The van der Waals surface area contributed by atoms with Crippen molar-refractivity contribution < 1.29 is 14.6 Å². The summed E-state index contributed by atoms with van der Waals surface area (Å²) in [7, 11) is 0. The molecular formula is C17H27NO3. The van der Waals surface area contributed by atoms with Crippen molar-refractivity contribution in [3.05, 3.63) is 29.8 Å². The number of nitrogens with one attached hydrogen (secondary N) is 1. The van der Waals surface area contributed by atoms with Gasteiger partial charge in [-0.05, 0) is 38.0 Å². The largest absolute Gasteiger partial charge is 0.491 e. The maximum atomic E-state index is 12.0. The van der Waals surface area contributed by atoms with Crippen LogP contribution in [0.25, 0.3) is 0 Å². The molecule has 1 atom stereocenters. The van der Waals surface area contributed by atoms with Crippen LogP contribution >= 0.6 is 0 Å².